The van der Waals surface area contributed by atoms with Crippen LogP contribution in [0.4, 0.5) is 0 Å². The van der Waals surface area contributed by atoms with Crippen molar-refractivity contribution in [3.8, 4) is 5.75 Å². The van der Waals surface area contributed by atoms with Crippen LogP contribution in [-0.2, 0) is 4.74 Å². The van der Waals surface area contributed by atoms with E-state index in [1.807, 2.05) is 6.07 Å². The zero-order valence-electron chi connectivity index (χ0n) is 16.3. The van der Waals surface area contributed by atoms with Crippen molar-refractivity contribution in [2.45, 2.75) is 33.1 Å². The van der Waals surface area contributed by atoms with Gasteiger partial charge in [0.15, 0.2) is 5.96 Å². The van der Waals surface area contributed by atoms with Crippen LogP contribution in [0, 0.1) is 19.3 Å². The monoisotopic (exact) mass is 363 g/mol. The molecule has 3 N–H and O–H groups in total. The first-order valence-electron chi connectivity index (χ1n) is 9.42. The van der Waals surface area contributed by atoms with Gasteiger partial charge in [0.05, 0.1) is 13.2 Å². The highest BCUT2D eigenvalue weighted by Crippen LogP contribution is 2.31. The predicted octanol–water partition coefficient (Wildman–Crippen LogP) is 2.03. The van der Waals surface area contributed by atoms with E-state index in [-0.39, 0.29) is 12.0 Å². The molecule has 1 aliphatic heterocycles. The zero-order chi connectivity index (χ0) is 18.8. The number of benzene rings is 1. The van der Waals surface area contributed by atoms with E-state index in [2.05, 4.69) is 41.6 Å². The second kappa shape index (κ2) is 10.4. The molecule has 1 aromatic rings. The maximum atomic E-state index is 9.30. The van der Waals surface area contributed by atoms with Gasteiger partial charge in [-0.3, -0.25) is 4.99 Å². The third-order valence-corrected chi connectivity index (χ3v) is 4.95. The van der Waals surface area contributed by atoms with Crippen molar-refractivity contribution in [1.82, 2.24) is 10.6 Å². The lowest BCUT2D eigenvalue weighted by Gasteiger charge is -2.27. The van der Waals surface area contributed by atoms with Gasteiger partial charge in [-0.1, -0.05) is 18.2 Å². The van der Waals surface area contributed by atoms with Crippen molar-refractivity contribution in [3.05, 3.63) is 29.3 Å². The minimum absolute atomic E-state index is 0.0118. The lowest BCUT2D eigenvalue weighted by atomic mass is 9.84. The predicted molar refractivity (Wildman–Crippen MR) is 105 cm³/mol. The van der Waals surface area contributed by atoms with Gasteiger partial charge in [0.2, 0.25) is 0 Å². The van der Waals surface area contributed by atoms with E-state index >= 15 is 0 Å². The molecule has 0 aromatic heterocycles. The molecule has 1 heterocycles. The lowest BCUT2D eigenvalue weighted by Crippen LogP contribution is -2.44. The van der Waals surface area contributed by atoms with Crippen LogP contribution < -0.4 is 15.4 Å². The number of nitrogens with zero attached hydrogens (tertiary/aromatic N) is 1. The number of hydrogen-bond donors (Lipinski definition) is 3. The Morgan fingerprint density at radius 2 is 2.08 bits per heavy atom. The molecule has 0 bridgehead atoms. The van der Waals surface area contributed by atoms with E-state index in [0.29, 0.717) is 13.2 Å². The molecule has 1 aromatic carbocycles. The summed E-state index contributed by atoms with van der Waals surface area (Å²) in [4.78, 5) is 4.27. The standard InChI is InChI=1S/C20H33N3O3/c1-16-6-4-7-17(2)18(16)26-12-5-10-22-19(21-3)23-14-20(8-11-24)9-13-25-15-20/h4,6-7,24H,5,8-15H2,1-3H3,(H2,21,22,23). The first kappa shape index (κ1) is 20.5. The van der Waals surface area contributed by atoms with Crippen molar-refractivity contribution in [1.29, 1.82) is 0 Å². The van der Waals surface area contributed by atoms with Crippen LogP contribution in [-0.4, -0.2) is 57.6 Å². The number of aliphatic hydroxyl groups is 1. The Hall–Kier alpha value is -1.79. The highest BCUT2D eigenvalue weighted by molar-refractivity contribution is 5.79. The van der Waals surface area contributed by atoms with Crippen LogP contribution in [0.1, 0.15) is 30.4 Å². The van der Waals surface area contributed by atoms with Crippen LogP contribution in [0.2, 0.25) is 0 Å². The second-order valence-corrected chi connectivity index (χ2v) is 7.05. The number of hydrogen-bond acceptors (Lipinski definition) is 4. The van der Waals surface area contributed by atoms with Gasteiger partial charge in [0, 0.05) is 38.8 Å². The smallest absolute Gasteiger partial charge is 0.191 e. The molecule has 0 spiro atoms. The van der Waals surface area contributed by atoms with Gasteiger partial charge >= 0.3 is 0 Å². The molecule has 1 aliphatic rings. The first-order valence-corrected chi connectivity index (χ1v) is 9.42. The first-order chi connectivity index (χ1) is 12.6. The highest BCUT2D eigenvalue weighted by Gasteiger charge is 2.34. The molecule has 6 heteroatoms. The Labute approximate surface area is 157 Å². The molecular weight excluding hydrogens is 330 g/mol. The van der Waals surface area contributed by atoms with Crippen LogP contribution in [0.25, 0.3) is 0 Å². The van der Waals surface area contributed by atoms with Crippen molar-refractivity contribution in [2.75, 3.05) is 46.6 Å². The number of aryl methyl sites for hydroxylation is 2. The normalized spacial score (nSPS) is 20.2. The van der Waals surface area contributed by atoms with Gasteiger partial charge in [0.25, 0.3) is 0 Å². The Morgan fingerprint density at radius 3 is 2.69 bits per heavy atom. The number of para-hydroxylation sites is 1. The van der Waals surface area contributed by atoms with Crippen molar-refractivity contribution in [3.63, 3.8) is 0 Å². The van der Waals surface area contributed by atoms with E-state index in [1.165, 1.54) is 11.1 Å². The number of aliphatic imine (C=N–C) groups is 1. The Morgan fingerprint density at radius 1 is 1.31 bits per heavy atom. The molecule has 1 unspecified atom stereocenters. The quantitative estimate of drug-likeness (QED) is 0.356. The number of nitrogens with one attached hydrogen (secondary N) is 2. The molecule has 0 aliphatic carbocycles. The molecule has 1 fully saturated rings. The molecule has 1 atom stereocenters. The summed E-state index contributed by atoms with van der Waals surface area (Å²) in [5, 5.41) is 16.0. The molecular formula is C20H33N3O3. The summed E-state index contributed by atoms with van der Waals surface area (Å²) >= 11 is 0. The third kappa shape index (κ3) is 5.88. The fourth-order valence-electron chi connectivity index (χ4n) is 3.28. The summed E-state index contributed by atoms with van der Waals surface area (Å²) in [6.07, 6.45) is 2.61. The van der Waals surface area contributed by atoms with Gasteiger partial charge in [-0.05, 0) is 44.2 Å². The molecule has 146 valence electrons. The van der Waals surface area contributed by atoms with E-state index in [9.17, 15) is 5.11 Å². The van der Waals surface area contributed by atoms with E-state index in [0.717, 1.165) is 50.7 Å². The summed E-state index contributed by atoms with van der Waals surface area (Å²) in [6.45, 7) is 8.00. The maximum Gasteiger partial charge on any atom is 0.191 e. The van der Waals surface area contributed by atoms with Crippen molar-refractivity contribution in [2.24, 2.45) is 10.4 Å². The van der Waals surface area contributed by atoms with Crippen molar-refractivity contribution >= 4 is 5.96 Å². The summed E-state index contributed by atoms with van der Waals surface area (Å²) < 4.78 is 11.5. The molecule has 0 amide bonds. The van der Waals surface area contributed by atoms with Crippen LogP contribution in [0.3, 0.4) is 0 Å². The SMILES string of the molecule is CN=C(NCCCOc1c(C)cccc1C)NCC1(CCO)CCOC1. The van der Waals surface area contributed by atoms with Gasteiger partial charge in [0.1, 0.15) is 5.75 Å². The lowest BCUT2D eigenvalue weighted by molar-refractivity contribution is 0.127. The Kier molecular flexibility index (Phi) is 8.19. The van der Waals surface area contributed by atoms with Gasteiger partial charge < -0.3 is 25.2 Å². The minimum atomic E-state index is 0.0118. The Bertz CT molecular complexity index is 563. The highest BCUT2D eigenvalue weighted by atomic mass is 16.5. The number of guanidine groups is 1. The van der Waals surface area contributed by atoms with E-state index in [4.69, 9.17) is 9.47 Å². The average Bonchev–Trinajstić information content (AvgIpc) is 3.08. The maximum absolute atomic E-state index is 9.30. The number of ether oxygens (including phenoxy) is 2. The summed E-state index contributed by atoms with van der Waals surface area (Å²) in [5.74, 6) is 1.77. The second-order valence-electron chi connectivity index (χ2n) is 7.05. The van der Waals surface area contributed by atoms with E-state index in [1.54, 1.807) is 7.05 Å². The largest absolute Gasteiger partial charge is 0.493 e. The molecule has 1 saturated heterocycles. The summed E-state index contributed by atoms with van der Waals surface area (Å²) in [7, 11) is 1.77. The molecule has 2 rings (SSSR count). The number of aliphatic hydroxyl groups excluding tert-OH is 1. The van der Waals surface area contributed by atoms with Gasteiger partial charge in [-0.15, -0.1) is 0 Å². The zero-order valence-corrected chi connectivity index (χ0v) is 16.3. The fraction of sp³-hybridized carbons (Fsp3) is 0.650. The average molecular weight is 364 g/mol. The topological polar surface area (TPSA) is 75.1 Å². The minimum Gasteiger partial charge on any atom is -0.493 e. The molecule has 26 heavy (non-hydrogen) atoms. The summed E-state index contributed by atoms with van der Waals surface area (Å²) in [6, 6.07) is 6.19. The van der Waals surface area contributed by atoms with Crippen LogP contribution in [0.15, 0.2) is 23.2 Å². The van der Waals surface area contributed by atoms with E-state index < -0.39 is 0 Å². The van der Waals surface area contributed by atoms with Gasteiger partial charge in [-0.25, -0.2) is 0 Å². The molecule has 6 nitrogen and oxygen atoms in total. The molecule has 0 saturated carbocycles. The molecule has 0 radical (unpaired) electrons. The third-order valence-electron chi connectivity index (χ3n) is 4.95. The number of rotatable bonds is 9. The van der Waals surface area contributed by atoms with Crippen LogP contribution >= 0.6 is 0 Å². The van der Waals surface area contributed by atoms with Crippen molar-refractivity contribution < 1.29 is 14.6 Å². The van der Waals surface area contributed by atoms with Gasteiger partial charge in [-0.2, -0.15) is 0 Å². The Balaban J connectivity index is 1.69. The summed E-state index contributed by atoms with van der Waals surface area (Å²) in [5.41, 5.74) is 2.35. The fourth-order valence-corrected chi connectivity index (χ4v) is 3.28. The van der Waals surface area contributed by atoms with Crippen LogP contribution in [0.5, 0.6) is 5.75 Å².